The molecule has 20 heavy (non-hydrogen) atoms. The zero-order valence-corrected chi connectivity index (χ0v) is 14.0. The molecule has 1 heterocycles. The summed E-state index contributed by atoms with van der Waals surface area (Å²) in [7, 11) is 1.99. The van der Waals surface area contributed by atoms with Crippen molar-refractivity contribution in [1.29, 1.82) is 0 Å². The fourth-order valence-corrected chi connectivity index (χ4v) is 2.73. The Balaban J connectivity index is 3.11. The van der Waals surface area contributed by atoms with Gasteiger partial charge in [-0.15, -0.1) is 0 Å². The predicted octanol–water partition coefficient (Wildman–Crippen LogP) is 3.76. The van der Waals surface area contributed by atoms with Crippen LogP contribution in [0.5, 0.6) is 0 Å². The van der Waals surface area contributed by atoms with Gasteiger partial charge in [0.1, 0.15) is 5.82 Å². The van der Waals surface area contributed by atoms with Gasteiger partial charge in [-0.05, 0) is 50.4 Å². The molecule has 1 aromatic rings. The van der Waals surface area contributed by atoms with Crippen LogP contribution in [0.15, 0.2) is 12.1 Å². The molecule has 0 unspecified atom stereocenters. The van der Waals surface area contributed by atoms with E-state index in [9.17, 15) is 0 Å². The van der Waals surface area contributed by atoms with E-state index in [1.807, 2.05) is 7.05 Å². The highest BCUT2D eigenvalue weighted by Crippen LogP contribution is 2.22. The van der Waals surface area contributed by atoms with Crippen molar-refractivity contribution in [3.05, 3.63) is 23.4 Å². The van der Waals surface area contributed by atoms with Crippen molar-refractivity contribution in [2.45, 2.75) is 60.0 Å². The fraction of sp³-hybridized carbons (Fsp3) is 0.706. The number of aromatic nitrogens is 1. The lowest BCUT2D eigenvalue weighted by molar-refractivity contribution is 0.503. The van der Waals surface area contributed by atoms with Crippen LogP contribution >= 0.6 is 0 Å². The van der Waals surface area contributed by atoms with E-state index in [4.69, 9.17) is 4.98 Å². The zero-order chi connectivity index (χ0) is 15.1. The van der Waals surface area contributed by atoms with E-state index in [1.165, 1.54) is 18.4 Å². The summed E-state index contributed by atoms with van der Waals surface area (Å²) >= 11 is 0. The number of pyridine rings is 1. The molecule has 3 heteroatoms. The van der Waals surface area contributed by atoms with Crippen molar-refractivity contribution in [3.63, 3.8) is 0 Å². The van der Waals surface area contributed by atoms with Crippen molar-refractivity contribution < 1.29 is 0 Å². The smallest absolute Gasteiger partial charge is 0.129 e. The first-order chi connectivity index (χ1) is 9.51. The lowest BCUT2D eigenvalue weighted by Gasteiger charge is -2.33. The van der Waals surface area contributed by atoms with Crippen LogP contribution in [0.25, 0.3) is 0 Å². The molecule has 0 radical (unpaired) electrons. The second-order valence-corrected chi connectivity index (χ2v) is 6.02. The Bertz CT molecular complexity index is 397. The van der Waals surface area contributed by atoms with Gasteiger partial charge in [0.2, 0.25) is 0 Å². The molecule has 0 spiro atoms. The van der Waals surface area contributed by atoms with Crippen molar-refractivity contribution >= 4 is 5.82 Å². The van der Waals surface area contributed by atoms with E-state index >= 15 is 0 Å². The average Bonchev–Trinajstić information content (AvgIpc) is 2.38. The van der Waals surface area contributed by atoms with Gasteiger partial charge in [-0.1, -0.05) is 27.7 Å². The SMILES string of the molecule is CCC(CC)N(CC(C)C)c1cc(CNC)cc(C)n1. The Morgan fingerprint density at radius 3 is 2.35 bits per heavy atom. The van der Waals surface area contributed by atoms with E-state index in [0.29, 0.717) is 12.0 Å². The monoisotopic (exact) mass is 277 g/mol. The van der Waals surface area contributed by atoms with E-state index < -0.39 is 0 Å². The highest BCUT2D eigenvalue weighted by atomic mass is 15.2. The van der Waals surface area contributed by atoms with Gasteiger partial charge in [-0.2, -0.15) is 0 Å². The van der Waals surface area contributed by atoms with E-state index in [1.54, 1.807) is 0 Å². The molecule has 0 amide bonds. The molecule has 1 aromatic heterocycles. The first kappa shape index (κ1) is 17.0. The molecule has 3 nitrogen and oxygen atoms in total. The number of rotatable bonds is 8. The second-order valence-electron chi connectivity index (χ2n) is 6.02. The van der Waals surface area contributed by atoms with Crippen LogP contribution in [-0.4, -0.2) is 24.6 Å². The van der Waals surface area contributed by atoms with Gasteiger partial charge in [0.15, 0.2) is 0 Å². The molecular formula is C17H31N3. The van der Waals surface area contributed by atoms with Crippen LogP contribution in [0.4, 0.5) is 5.82 Å². The molecule has 1 N–H and O–H groups in total. The summed E-state index contributed by atoms with van der Waals surface area (Å²) in [5.74, 6) is 1.78. The third-order valence-electron chi connectivity index (χ3n) is 3.62. The summed E-state index contributed by atoms with van der Waals surface area (Å²) in [6, 6.07) is 4.99. The second kappa shape index (κ2) is 8.25. The standard InChI is InChI=1S/C17H31N3/c1-7-16(8-2)20(12-13(3)4)17-10-15(11-18-6)9-14(5)19-17/h9-10,13,16,18H,7-8,11-12H2,1-6H3. The number of hydrogen-bond acceptors (Lipinski definition) is 3. The van der Waals surface area contributed by atoms with Crippen molar-refractivity contribution in [1.82, 2.24) is 10.3 Å². The van der Waals surface area contributed by atoms with Gasteiger partial charge in [-0.25, -0.2) is 4.98 Å². The Morgan fingerprint density at radius 1 is 1.20 bits per heavy atom. The quantitative estimate of drug-likeness (QED) is 0.784. The molecule has 0 bridgehead atoms. The Labute approximate surface area is 124 Å². The predicted molar refractivity (Wildman–Crippen MR) is 88.3 cm³/mol. The third-order valence-corrected chi connectivity index (χ3v) is 3.62. The molecule has 0 saturated heterocycles. The topological polar surface area (TPSA) is 28.2 Å². The molecular weight excluding hydrogens is 246 g/mol. The summed E-state index contributed by atoms with van der Waals surface area (Å²) < 4.78 is 0. The number of anilines is 1. The molecule has 114 valence electrons. The molecule has 0 aliphatic heterocycles. The van der Waals surface area contributed by atoms with Gasteiger partial charge in [-0.3, -0.25) is 0 Å². The summed E-state index contributed by atoms with van der Waals surface area (Å²) in [5.41, 5.74) is 2.42. The summed E-state index contributed by atoms with van der Waals surface area (Å²) in [4.78, 5) is 7.28. The van der Waals surface area contributed by atoms with E-state index in [2.05, 4.69) is 57.0 Å². The molecule has 0 aliphatic rings. The number of nitrogens with zero attached hydrogens (tertiary/aromatic N) is 2. The van der Waals surface area contributed by atoms with E-state index in [0.717, 1.165) is 24.6 Å². The Hall–Kier alpha value is -1.09. The van der Waals surface area contributed by atoms with Crippen molar-refractivity contribution in [2.75, 3.05) is 18.5 Å². The number of nitrogens with one attached hydrogen (secondary N) is 1. The minimum Gasteiger partial charge on any atom is -0.353 e. The van der Waals surface area contributed by atoms with E-state index in [-0.39, 0.29) is 0 Å². The van der Waals surface area contributed by atoms with Crippen LogP contribution in [0.2, 0.25) is 0 Å². The maximum atomic E-state index is 4.78. The first-order valence-electron chi connectivity index (χ1n) is 7.90. The molecule has 1 rings (SSSR count). The summed E-state index contributed by atoms with van der Waals surface area (Å²) in [5, 5.41) is 3.23. The molecule has 0 fully saturated rings. The average molecular weight is 277 g/mol. The minimum atomic E-state index is 0.578. The summed E-state index contributed by atoms with van der Waals surface area (Å²) in [6.07, 6.45) is 2.33. The lowest BCUT2D eigenvalue weighted by atomic mass is 10.1. The normalized spacial score (nSPS) is 11.4. The minimum absolute atomic E-state index is 0.578. The molecule has 0 saturated carbocycles. The maximum absolute atomic E-state index is 4.78. The molecule has 0 aromatic carbocycles. The van der Waals surface area contributed by atoms with Gasteiger partial charge >= 0.3 is 0 Å². The lowest BCUT2D eigenvalue weighted by Crippen LogP contribution is -2.38. The molecule has 0 aliphatic carbocycles. The van der Waals surface area contributed by atoms with Crippen LogP contribution in [-0.2, 0) is 6.54 Å². The van der Waals surface area contributed by atoms with Gasteiger partial charge in [0, 0.05) is 24.8 Å². The Morgan fingerprint density at radius 2 is 1.85 bits per heavy atom. The third kappa shape index (κ3) is 4.78. The molecule has 0 atom stereocenters. The highest BCUT2D eigenvalue weighted by molar-refractivity contribution is 5.44. The highest BCUT2D eigenvalue weighted by Gasteiger charge is 2.18. The van der Waals surface area contributed by atoms with Crippen LogP contribution < -0.4 is 10.2 Å². The fourth-order valence-electron chi connectivity index (χ4n) is 2.73. The number of hydrogen-bond donors (Lipinski definition) is 1. The van der Waals surface area contributed by atoms with Crippen molar-refractivity contribution in [3.8, 4) is 0 Å². The zero-order valence-electron chi connectivity index (χ0n) is 14.0. The van der Waals surface area contributed by atoms with Crippen LogP contribution in [0, 0.1) is 12.8 Å². The van der Waals surface area contributed by atoms with Gasteiger partial charge in [0.05, 0.1) is 0 Å². The summed E-state index contributed by atoms with van der Waals surface area (Å²) in [6.45, 7) is 13.1. The van der Waals surface area contributed by atoms with Crippen molar-refractivity contribution in [2.24, 2.45) is 5.92 Å². The first-order valence-corrected chi connectivity index (χ1v) is 7.90. The van der Waals surface area contributed by atoms with Gasteiger partial charge in [0.25, 0.3) is 0 Å². The van der Waals surface area contributed by atoms with Crippen LogP contribution in [0.1, 0.15) is 51.8 Å². The maximum Gasteiger partial charge on any atom is 0.129 e. The van der Waals surface area contributed by atoms with Crippen LogP contribution in [0.3, 0.4) is 0 Å². The number of aryl methyl sites for hydroxylation is 1. The largest absolute Gasteiger partial charge is 0.353 e. The Kier molecular flexibility index (Phi) is 7.00. The van der Waals surface area contributed by atoms with Gasteiger partial charge < -0.3 is 10.2 Å².